The Bertz CT molecular complexity index is 886. The molecule has 0 unspecified atom stereocenters. The van der Waals surface area contributed by atoms with E-state index in [1.807, 2.05) is 22.6 Å². The molecule has 0 atom stereocenters. The van der Waals surface area contributed by atoms with Gasteiger partial charge < -0.3 is 5.11 Å². The lowest BCUT2D eigenvalue weighted by atomic mass is 10.1. The van der Waals surface area contributed by atoms with Crippen molar-refractivity contribution in [1.82, 2.24) is 14.4 Å². The molecule has 0 aliphatic heterocycles. The van der Waals surface area contributed by atoms with Crippen LogP contribution in [0.5, 0.6) is 0 Å². The van der Waals surface area contributed by atoms with Crippen molar-refractivity contribution >= 4 is 27.5 Å². The molecule has 0 amide bonds. The molecule has 2 aromatic heterocycles. The molecule has 6 heteroatoms. The summed E-state index contributed by atoms with van der Waals surface area (Å²) in [5.74, 6) is -1.06. The molecule has 20 heavy (non-hydrogen) atoms. The maximum absolute atomic E-state index is 11.2. The molecule has 3 aromatic rings. The molecule has 1 aromatic carbocycles. The predicted octanol–water partition coefficient (Wildman–Crippen LogP) is 2.76. The summed E-state index contributed by atoms with van der Waals surface area (Å²) in [7, 11) is 0. The first-order chi connectivity index (χ1) is 9.66. The van der Waals surface area contributed by atoms with Crippen molar-refractivity contribution < 1.29 is 9.90 Å². The standard InChI is InChI=1S/C14H8BrN3O2/c15-9-3-1-2-7-8(9)6-10-11(7)17-13-12(14(19)20)16-4-5-18(10)13/h1-5H,6H2,(H,19,20). The molecule has 4 rings (SSSR count). The molecule has 0 bridgehead atoms. The van der Waals surface area contributed by atoms with E-state index in [1.165, 1.54) is 11.8 Å². The SMILES string of the molecule is O=C(O)c1nccn2c3c(nc12)-c1cccc(Br)c1C3. The number of fused-ring (bicyclic) bond motifs is 5. The molecule has 5 nitrogen and oxygen atoms in total. The van der Waals surface area contributed by atoms with E-state index in [1.54, 1.807) is 6.20 Å². The Hall–Kier alpha value is -2.21. The average molecular weight is 330 g/mol. The molecule has 0 radical (unpaired) electrons. The second-order valence-electron chi connectivity index (χ2n) is 4.62. The number of hydrogen-bond acceptors (Lipinski definition) is 3. The molecule has 2 heterocycles. The van der Waals surface area contributed by atoms with Gasteiger partial charge in [-0.25, -0.2) is 14.8 Å². The molecular formula is C14H8BrN3O2. The minimum atomic E-state index is -1.06. The maximum atomic E-state index is 11.2. The summed E-state index contributed by atoms with van der Waals surface area (Å²) < 4.78 is 2.87. The van der Waals surface area contributed by atoms with Crippen LogP contribution in [0.25, 0.3) is 16.9 Å². The van der Waals surface area contributed by atoms with E-state index < -0.39 is 5.97 Å². The zero-order valence-corrected chi connectivity index (χ0v) is 11.8. The first kappa shape index (κ1) is 11.6. The summed E-state index contributed by atoms with van der Waals surface area (Å²) in [5.41, 5.74) is 4.47. The lowest BCUT2D eigenvalue weighted by Gasteiger charge is -2.03. The fourth-order valence-corrected chi connectivity index (χ4v) is 3.20. The third-order valence-electron chi connectivity index (χ3n) is 3.56. The molecule has 98 valence electrons. The average Bonchev–Trinajstić information content (AvgIpc) is 2.95. The summed E-state index contributed by atoms with van der Waals surface area (Å²) in [6, 6.07) is 5.96. The van der Waals surface area contributed by atoms with Gasteiger partial charge >= 0.3 is 5.97 Å². The fraction of sp³-hybridized carbons (Fsp3) is 0.0714. The van der Waals surface area contributed by atoms with Gasteiger partial charge in [0.25, 0.3) is 0 Å². The van der Waals surface area contributed by atoms with Crippen molar-refractivity contribution in [1.29, 1.82) is 0 Å². The number of hydrogen-bond donors (Lipinski definition) is 1. The monoisotopic (exact) mass is 329 g/mol. The molecule has 0 saturated carbocycles. The minimum absolute atomic E-state index is 0.0153. The van der Waals surface area contributed by atoms with E-state index in [9.17, 15) is 9.90 Å². The van der Waals surface area contributed by atoms with Crippen LogP contribution in [0, 0.1) is 0 Å². The van der Waals surface area contributed by atoms with Crippen LogP contribution in [0.4, 0.5) is 0 Å². The molecule has 0 spiro atoms. The van der Waals surface area contributed by atoms with Crippen LogP contribution in [0.1, 0.15) is 21.7 Å². The van der Waals surface area contributed by atoms with Crippen molar-refractivity contribution in [3.05, 3.63) is 52.0 Å². The van der Waals surface area contributed by atoms with E-state index in [0.717, 1.165) is 27.8 Å². The Balaban J connectivity index is 2.07. The second kappa shape index (κ2) is 3.89. The molecule has 1 aliphatic carbocycles. The number of carboxylic acid groups (broad SMARTS) is 1. The van der Waals surface area contributed by atoms with Crippen molar-refractivity contribution in [3.8, 4) is 11.3 Å². The third kappa shape index (κ3) is 1.39. The Morgan fingerprint density at radius 3 is 3.05 bits per heavy atom. The molecule has 0 saturated heterocycles. The van der Waals surface area contributed by atoms with Crippen molar-refractivity contribution in [2.45, 2.75) is 6.42 Å². The van der Waals surface area contributed by atoms with Crippen LogP contribution in [0.2, 0.25) is 0 Å². The van der Waals surface area contributed by atoms with Gasteiger partial charge in [-0.1, -0.05) is 28.1 Å². The van der Waals surface area contributed by atoms with E-state index in [2.05, 4.69) is 25.9 Å². The van der Waals surface area contributed by atoms with Crippen molar-refractivity contribution in [2.75, 3.05) is 0 Å². The largest absolute Gasteiger partial charge is 0.476 e. The molecule has 1 aliphatic rings. The quantitative estimate of drug-likeness (QED) is 0.583. The number of aromatic nitrogens is 3. The lowest BCUT2D eigenvalue weighted by molar-refractivity contribution is 0.0692. The highest BCUT2D eigenvalue weighted by Crippen LogP contribution is 2.40. The maximum Gasteiger partial charge on any atom is 0.358 e. The summed E-state index contributed by atoms with van der Waals surface area (Å²) in [5, 5.41) is 9.19. The van der Waals surface area contributed by atoms with Crippen LogP contribution in [0.3, 0.4) is 0 Å². The van der Waals surface area contributed by atoms with Crippen LogP contribution in [-0.2, 0) is 6.42 Å². The van der Waals surface area contributed by atoms with Crippen LogP contribution >= 0.6 is 15.9 Å². The lowest BCUT2D eigenvalue weighted by Crippen LogP contribution is -2.05. The Morgan fingerprint density at radius 2 is 2.25 bits per heavy atom. The van der Waals surface area contributed by atoms with E-state index in [-0.39, 0.29) is 5.69 Å². The normalized spacial score (nSPS) is 12.4. The van der Waals surface area contributed by atoms with Gasteiger partial charge in [0.15, 0.2) is 11.3 Å². The number of carboxylic acids is 1. The van der Waals surface area contributed by atoms with Crippen LogP contribution in [0.15, 0.2) is 35.1 Å². The Kier molecular flexibility index (Phi) is 2.26. The minimum Gasteiger partial charge on any atom is -0.476 e. The molecule has 0 fully saturated rings. The van der Waals surface area contributed by atoms with Crippen LogP contribution < -0.4 is 0 Å². The third-order valence-corrected chi connectivity index (χ3v) is 4.30. The highest BCUT2D eigenvalue weighted by atomic mass is 79.9. The number of halogens is 1. The first-order valence-corrected chi connectivity index (χ1v) is 6.83. The summed E-state index contributed by atoms with van der Waals surface area (Å²) in [6.45, 7) is 0. The second-order valence-corrected chi connectivity index (χ2v) is 5.48. The van der Waals surface area contributed by atoms with Crippen LogP contribution in [-0.4, -0.2) is 25.4 Å². The van der Waals surface area contributed by atoms with Gasteiger partial charge in [0, 0.05) is 28.9 Å². The number of carbonyl (C=O) groups is 1. The van der Waals surface area contributed by atoms with Gasteiger partial charge in [-0.05, 0) is 11.6 Å². The zero-order chi connectivity index (χ0) is 13.9. The van der Waals surface area contributed by atoms with Gasteiger partial charge in [0.05, 0.1) is 11.4 Å². The van der Waals surface area contributed by atoms with E-state index >= 15 is 0 Å². The first-order valence-electron chi connectivity index (χ1n) is 6.04. The van der Waals surface area contributed by atoms with E-state index in [4.69, 9.17) is 0 Å². The van der Waals surface area contributed by atoms with E-state index in [0.29, 0.717) is 5.65 Å². The fourth-order valence-electron chi connectivity index (χ4n) is 2.69. The van der Waals surface area contributed by atoms with Crippen molar-refractivity contribution in [3.63, 3.8) is 0 Å². The van der Waals surface area contributed by atoms with Gasteiger partial charge in [-0.2, -0.15) is 0 Å². The highest BCUT2D eigenvalue weighted by Gasteiger charge is 2.27. The Labute approximate surface area is 122 Å². The number of nitrogens with zero attached hydrogens (tertiary/aromatic N) is 3. The number of rotatable bonds is 1. The van der Waals surface area contributed by atoms with Gasteiger partial charge in [-0.15, -0.1) is 0 Å². The number of aromatic carboxylic acids is 1. The predicted molar refractivity (Wildman–Crippen MR) is 75.9 cm³/mol. The van der Waals surface area contributed by atoms with Crippen molar-refractivity contribution in [2.24, 2.45) is 0 Å². The smallest absolute Gasteiger partial charge is 0.358 e. The topological polar surface area (TPSA) is 67.5 Å². The van der Waals surface area contributed by atoms with Gasteiger partial charge in [0.2, 0.25) is 0 Å². The number of benzene rings is 1. The Morgan fingerprint density at radius 1 is 1.40 bits per heavy atom. The summed E-state index contributed by atoms with van der Waals surface area (Å²) >= 11 is 3.55. The zero-order valence-electron chi connectivity index (χ0n) is 10.2. The van der Waals surface area contributed by atoms with Gasteiger partial charge in [-0.3, -0.25) is 4.40 Å². The summed E-state index contributed by atoms with van der Waals surface area (Å²) in [4.78, 5) is 19.6. The molecule has 1 N–H and O–H groups in total. The number of imidazole rings is 1. The van der Waals surface area contributed by atoms with Gasteiger partial charge in [0.1, 0.15) is 0 Å². The summed E-state index contributed by atoms with van der Waals surface area (Å²) in [6.07, 6.45) is 3.99. The molecular weight excluding hydrogens is 322 g/mol. The highest BCUT2D eigenvalue weighted by molar-refractivity contribution is 9.10.